The number of hydrogen-bond donors (Lipinski definition) is 1. The normalized spacial score (nSPS) is 18.4. The number of benzene rings is 1. The molecule has 0 spiro atoms. The minimum absolute atomic E-state index is 0.168. The van der Waals surface area contributed by atoms with Crippen LogP contribution in [0.5, 0.6) is 5.88 Å². The number of piperazine rings is 1. The van der Waals surface area contributed by atoms with Crippen molar-refractivity contribution in [2.24, 2.45) is 0 Å². The zero-order valence-electron chi connectivity index (χ0n) is 26.9. The van der Waals surface area contributed by atoms with Gasteiger partial charge in [-0.15, -0.1) is 0 Å². The number of pyridine rings is 1. The first-order valence-electron chi connectivity index (χ1n) is 15.2. The molecule has 14 heteroatoms. The Morgan fingerprint density at radius 3 is 2.52 bits per heavy atom. The highest BCUT2D eigenvalue weighted by molar-refractivity contribution is 8.32. The standard InChI is InChI=1S/C32H42F3N7O3S/c1-22-21-42(11-10-40(22)2)27-7-6-23(30-36-9-8-28(39-30)41-12-14-44-15-13-41)18-26(27)38-31(43)24-20-37-29(19-25(24)32(33,34)35)45-16-17-46(3,4)5/h6-9,18-20,22H,10-17,21H2,1-5H3,(H,38,43)/t22-/m0/s1. The van der Waals surface area contributed by atoms with Crippen molar-refractivity contribution in [3.8, 4) is 17.3 Å². The summed E-state index contributed by atoms with van der Waals surface area (Å²) in [6.45, 7) is 7.12. The molecule has 1 aromatic carbocycles. The van der Waals surface area contributed by atoms with Gasteiger partial charge in [-0.05, 0) is 57.0 Å². The number of nitrogens with zero attached hydrogens (tertiary/aromatic N) is 6. The minimum atomic E-state index is -4.80. The van der Waals surface area contributed by atoms with Crippen LogP contribution in [0, 0.1) is 0 Å². The molecule has 2 saturated heterocycles. The van der Waals surface area contributed by atoms with E-state index in [1.54, 1.807) is 12.3 Å². The minimum Gasteiger partial charge on any atom is -0.477 e. The Labute approximate surface area is 269 Å². The molecule has 46 heavy (non-hydrogen) atoms. The molecule has 4 heterocycles. The summed E-state index contributed by atoms with van der Waals surface area (Å²) in [5.74, 6) is 0.812. The highest BCUT2D eigenvalue weighted by Gasteiger charge is 2.37. The monoisotopic (exact) mass is 661 g/mol. The number of ether oxygens (including phenoxy) is 2. The van der Waals surface area contributed by atoms with Gasteiger partial charge in [0, 0.05) is 68.5 Å². The van der Waals surface area contributed by atoms with E-state index in [2.05, 4.69) is 62.7 Å². The van der Waals surface area contributed by atoms with E-state index in [4.69, 9.17) is 14.5 Å². The third-order valence-electron chi connectivity index (χ3n) is 8.15. The molecule has 10 nitrogen and oxygen atoms in total. The Morgan fingerprint density at radius 1 is 1.07 bits per heavy atom. The van der Waals surface area contributed by atoms with E-state index in [9.17, 15) is 18.0 Å². The molecule has 1 N–H and O–H groups in total. The van der Waals surface area contributed by atoms with Crippen molar-refractivity contribution in [3.05, 3.63) is 53.9 Å². The van der Waals surface area contributed by atoms with Crippen LogP contribution in [0.4, 0.5) is 30.4 Å². The van der Waals surface area contributed by atoms with Gasteiger partial charge in [0.05, 0.1) is 42.3 Å². The lowest BCUT2D eigenvalue weighted by molar-refractivity contribution is -0.138. The number of aromatic nitrogens is 3. The number of halogens is 3. The van der Waals surface area contributed by atoms with Crippen LogP contribution in [0.15, 0.2) is 42.7 Å². The van der Waals surface area contributed by atoms with Crippen LogP contribution in [0.1, 0.15) is 22.8 Å². The van der Waals surface area contributed by atoms with E-state index in [-0.39, 0.29) is 18.5 Å². The summed E-state index contributed by atoms with van der Waals surface area (Å²) in [7, 11) is 1.15. The lowest BCUT2D eigenvalue weighted by atomic mass is 10.1. The molecule has 2 aliphatic rings. The number of carbonyl (C=O) groups excluding carboxylic acids is 1. The second-order valence-electron chi connectivity index (χ2n) is 12.5. The molecule has 0 aliphatic carbocycles. The molecule has 2 aromatic heterocycles. The summed E-state index contributed by atoms with van der Waals surface area (Å²) >= 11 is 0. The van der Waals surface area contributed by atoms with Gasteiger partial charge in [-0.1, -0.05) is 0 Å². The molecule has 0 radical (unpaired) electrons. The number of amides is 1. The first kappa shape index (κ1) is 33.7. The van der Waals surface area contributed by atoms with E-state index < -0.39 is 33.2 Å². The highest BCUT2D eigenvalue weighted by Crippen LogP contribution is 2.37. The topological polar surface area (TPSA) is 96.0 Å². The van der Waals surface area contributed by atoms with E-state index in [1.165, 1.54) is 0 Å². The number of morpholine rings is 1. The third kappa shape index (κ3) is 8.39. The van der Waals surface area contributed by atoms with E-state index in [0.29, 0.717) is 67.9 Å². The number of likely N-dealkylation sites (N-methyl/N-ethyl adjacent to an activating group) is 1. The average molecular weight is 662 g/mol. The first-order chi connectivity index (χ1) is 21.8. The summed E-state index contributed by atoms with van der Waals surface area (Å²) in [5.41, 5.74) is -0.00969. The Hall–Kier alpha value is -3.62. The Kier molecular flexibility index (Phi) is 10.3. The number of rotatable bonds is 9. The van der Waals surface area contributed by atoms with Gasteiger partial charge in [0.25, 0.3) is 5.91 Å². The molecule has 250 valence electrons. The molecule has 5 rings (SSSR count). The first-order valence-corrected chi connectivity index (χ1v) is 18.2. The fourth-order valence-electron chi connectivity index (χ4n) is 5.29. The van der Waals surface area contributed by atoms with E-state index in [0.717, 1.165) is 24.6 Å². The molecular formula is C32H42F3N7O3S. The number of carbonyl (C=O) groups is 1. The molecule has 1 amide bonds. The Morgan fingerprint density at radius 2 is 1.83 bits per heavy atom. The fraction of sp³-hybridized carbons (Fsp3) is 0.500. The van der Waals surface area contributed by atoms with Gasteiger partial charge >= 0.3 is 6.18 Å². The SMILES string of the molecule is C[C@H]1CN(c2ccc(-c3nccc(N4CCOCC4)n3)cc2NC(=O)c2cnc(OCCS(C)(C)C)cc2C(F)(F)F)CCN1C. The third-order valence-corrected chi connectivity index (χ3v) is 9.55. The van der Waals surface area contributed by atoms with Crippen LogP contribution >= 0.6 is 10.0 Å². The maximum Gasteiger partial charge on any atom is 0.417 e. The lowest BCUT2D eigenvalue weighted by Crippen LogP contribution is -2.50. The van der Waals surface area contributed by atoms with Gasteiger partial charge in [-0.2, -0.15) is 13.2 Å². The second-order valence-corrected chi connectivity index (χ2v) is 17.1. The smallest absolute Gasteiger partial charge is 0.417 e. The molecule has 0 bridgehead atoms. The van der Waals surface area contributed by atoms with Crippen molar-refractivity contribution in [2.45, 2.75) is 19.1 Å². The van der Waals surface area contributed by atoms with Crippen molar-refractivity contribution in [3.63, 3.8) is 0 Å². The van der Waals surface area contributed by atoms with E-state index in [1.807, 2.05) is 18.2 Å². The molecule has 2 aliphatic heterocycles. The summed E-state index contributed by atoms with van der Waals surface area (Å²) in [4.78, 5) is 33.4. The van der Waals surface area contributed by atoms with Crippen molar-refractivity contribution >= 4 is 33.1 Å². The van der Waals surface area contributed by atoms with Gasteiger partial charge in [0.15, 0.2) is 5.82 Å². The number of alkyl halides is 3. The zero-order chi connectivity index (χ0) is 33.1. The summed E-state index contributed by atoms with van der Waals surface area (Å²) < 4.78 is 53.8. The number of nitrogens with one attached hydrogen (secondary N) is 1. The Balaban J connectivity index is 1.47. The predicted octanol–water partition coefficient (Wildman–Crippen LogP) is 4.86. The van der Waals surface area contributed by atoms with Gasteiger partial charge in [0.2, 0.25) is 5.88 Å². The predicted molar refractivity (Wildman–Crippen MR) is 178 cm³/mol. The molecule has 0 unspecified atom stereocenters. The van der Waals surface area contributed by atoms with Gasteiger partial charge in [0.1, 0.15) is 5.82 Å². The lowest BCUT2D eigenvalue weighted by Gasteiger charge is -2.39. The van der Waals surface area contributed by atoms with Crippen LogP contribution in [0.3, 0.4) is 0 Å². The second kappa shape index (κ2) is 14.0. The van der Waals surface area contributed by atoms with Gasteiger partial charge < -0.3 is 29.5 Å². The van der Waals surface area contributed by atoms with Crippen molar-refractivity contribution in [1.82, 2.24) is 19.9 Å². The number of hydrogen-bond acceptors (Lipinski definition) is 9. The number of anilines is 3. The van der Waals surface area contributed by atoms with E-state index >= 15 is 0 Å². The van der Waals surface area contributed by atoms with Crippen molar-refractivity contribution < 1.29 is 27.4 Å². The largest absolute Gasteiger partial charge is 0.477 e. The summed E-state index contributed by atoms with van der Waals surface area (Å²) in [6, 6.07) is 8.34. The summed E-state index contributed by atoms with van der Waals surface area (Å²) in [5, 5.41) is 2.78. The van der Waals surface area contributed by atoms with Crippen LogP contribution in [-0.2, 0) is 10.9 Å². The average Bonchev–Trinajstić information content (AvgIpc) is 3.02. The molecule has 2 fully saturated rings. The maximum absolute atomic E-state index is 14.3. The molecule has 0 saturated carbocycles. The van der Waals surface area contributed by atoms with Crippen LogP contribution in [0.2, 0.25) is 0 Å². The summed E-state index contributed by atoms with van der Waals surface area (Å²) in [6.07, 6.45) is 4.10. The molecule has 3 aromatic rings. The van der Waals surface area contributed by atoms with Gasteiger partial charge in [-0.25, -0.2) is 25.0 Å². The molecular weight excluding hydrogens is 619 g/mol. The van der Waals surface area contributed by atoms with Crippen LogP contribution in [0.25, 0.3) is 11.4 Å². The fourth-order valence-corrected chi connectivity index (χ4v) is 5.87. The maximum atomic E-state index is 14.3. The zero-order valence-corrected chi connectivity index (χ0v) is 27.7. The van der Waals surface area contributed by atoms with Gasteiger partial charge in [-0.3, -0.25) is 4.79 Å². The van der Waals surface area contributed by atoms with Crippen molar-refractivity contribution in [1.29, 1.82) is 0 Å². The van der Waals surface area contributed by atoms with Crippen LogP contribution in [-0.4, -0.2) is 116 Å². The van der Waals surface area contributed by atoms with Crippen LogP contribution < -0.4 is 19.9 Å². The highest BCUT2D eigenvalue weighted by atomic mass is 32.3. The quantitative estimate of drug-likeness (QED) is 0.345. The van der Waals surface area contributed by atoms with Crippen molar-refractivity contribution in [2.75, 3.05) is 99.2 Å². The molecule has 1 atom stereocenters. The Bertz CT molecular complexity index is 1530.